The van der Waals surface area contributed by atoms with Gasteiger partial charge in [-0.3, -0.25) is 0 Å². The van der Waals surface area contributed by atoms with Crippen LogP contribution in [0.2, 0.25) is 0 Å². The summed E-state index contributed by atoms with van der Waals surface area (Å²) >= 11 is 0. The zero-order valence-electron chi connectivity index (χ0n) is 12.5. The van der Waals surface area contributed by atoms with Crippen molar-refractivity contribution in [3.05, 3.63) is 47.0 Å². The van der Waals surface area contributed by atoms with E-state index in [2.05, 4.69) is 6.58 Å². The maximum absolute atomic E-state index is 11.8. The molecule has 0 heterocycles. The molecule has 0 spiro atoms. The van der Waals surface area contributed by atoms with Crippen LogP contribution >= 0.6 is 0 Å². The van der Waals surface area contributed by atoms with E-state index in [0.29, 0.717) is 5.56 Å². The third-order valence-corrected chi connectivity index (χ3v) is 2.62. The van der Waals surface area contributed by atoms with E-state index in [1.807, 2.05) is 19.9 Å². The molecule has 0 saturated carbocycles. The van der Waals surface area contributed by atoms with Gasteiger partial charge in [0.2, 0.25) is 0 Å². The van der Waals surface area contributed by atoms with E-state index in [1.54, 1.807) is 12.1 Å². The van der Waals surface area contributed by atoms with Crippen LogP contribution in [0.5, 0.6) is 0 Å². The Kier molecular flexibility index (Phi) is 6.11. The average Bonchev–Trinajstić information content (AvgIpc) is 2.40. The highest BCUT2D eigenvalue weighted by Gasteiger charge is 2.14. The lowest BCUT2D eigenvalue weighted by Crippen LogP contribution is -2.25. The van der Waals surface area contributed by atoms with E-state index < -0.39 is 18.0 Å². The van der Waals surface area contributed by atoms with Gasteiger partial charge in [0.05, 0.1) is 5.56 Å². The van der Waals surface area contributed by atoms with Crippen LogP contribution < -0.4 is 0 Å². The van der Waals surface area contributed by atoms with Crippen LogP contribution in [0.1, 0.15) is 28.4 Å². The molecule has 0 aromatic heterocycles. The van der Waals surface area contributed by atoms with Gasteiger partial charge >= 0.3 is 11.9 Å². The van der Waals surface area contributed by atoms with Gasteiger partial charge < -0.3 is 14.6 Å². The molecule has 0 aliphatic carbocycles. The summed E-state index contributed by atoms with van der Waals surface area (Å²) < 4.78 is 9.75. The Morgan fingerprint density at radius 3 is 2.19 bits per heavy atom. The first-order valence-electron chi connectivity index (χ1n) is 6.55. The third kappa shape index (κ3) is 5.79. The van der Waals surface area contributed by atoms with Crippen molar-refractivity contribution in [2.75, 3.05) is 13.2 Å². The first-order chi connectivity index (χ1) is 9.79. The first-order valence-corrected chi connectivity index (χ1v) is 6.55. The molecule has 0 saturated heterocycles. The number of hydrogen-bond acceptors (Lipinski definition) is 5. The summed E-state index contributed by atoms with van der Waals surface area (Å²) in [5.41, 5.74) is 2.59. The number of hydrogen-bond donors (Lipinski definition) is 1. The second-order valence-electron chi connectivity index (χ2n) is 5.01. The molecule has 0 radical (unpaired) electrons. The molecule has 0 aliphatic rings. The summed E-state index contributed by atoms with van der Waals surface area (Å²) in [6.45, 7) is 8.21. The van der Waals surface area contributed by atoms with E-state index in [9.17, 15) is 14.7 Å². The highest BCUT2D eigenvalue weighted by Crippen LogP contribution is 2.10. The van der Waals surface area contributed by atoms with Crippen molar-refractivity contribution in [3.63, 3.8) is 0 Å². The summed E-state index contributed by atoms with van der Waals surface area (Å²) in [5.74, 6) is -1.11. The monoisotopic (exact) mass is 292 g/mol. The Hall–Kier alpha value is -2.14. The normalized spacial score (nSPS) is 11.6. The molecule has 114 valence electrons. The summed E-state index contributed by atoms with van der Waals surface area (Å²) in [7, 11) is 0. The average molecular weight is 292 g/mol. The summed E-state index contributed by atoms with van der Waals surface area (Å²) in [4.78, 5) is 23.0. The minimum Gasteiger partial charge on any atom is -0.459 e. The van der Waals surface area contributed by atoms with Crippen molar-refractivity contribution in [3.8, 4) is 0 Å². The van der Waals surface area contributed by atoms with Crippen molar-refractivity contribution >= 4 is 11.9 Å². The van der Waals surface area contributed by atoms with Crippen LogP contribution in [0.3, 0.4) is 0 Å². The molecule has 0 bridgehead atoms. The fourth-order valence-electron chi connectivity index (χ4n) is 1.69. The quantitative estimate of drug-likeness (QED) is 0.641. The maximum Gasteiger partial charge on any atom is 0.338 e. The first kappa shape index (κ1) is 16.9. The second kappa shape index (κ2) is 7.59. The zero-order chi connectivity index (χ0) is 16.0. The van der Waals surface area contributed by atoms with E-state index in [0.717, 1.165) is 11.1 Å². The number of ether oxygens (including phenoxy) is 2. The van der Waals surface area contributed by atoms with Gasteiger partial charge in [-0.05, 0) is 32.9 Å². The van der Waals surface area contributed by atoms with E-state index in [4.69, 9.17) is 9.47 Å². The van der Waals surface area contributed by atoms with Crippen LogP contribution in [0, 0.1) is 13.8 Å². The molecule has 1 atom stereocenters. The molecule has 1 N–H and O–H groups in total. The Morgan fingerprint density at radius 1 is 1.14 bits per heavy atom. The lowest BCUT2D eigenvalue weighted by molar-refractivity contribution is -0.142. The summed E-state index contributed by atoms with van der Waals surface area (Å²) in [6.07, 6.45) is -1.07. The number of esters is 2. The molecule has 0 aliphatic heterocycles. The van der Waals surface area contributed by atoms with Gasteiger partial charge in [0, 0.05) is 5.57 Å². The van der Waals surface area contributed by atoms with Crippen LogP contribution in [0.4, 0.5) is 0 Å². The van der Waals surface area contributed by atoms with E-state index >= 15 is 0 Å². The topological polar surface area (TPSA) is 72.8 Å². The Labute approximate surface area is 124 Å². The molecule has 1 aromatic rings. The smallest absolute Gasteiger partial charge is 0.338 e. The van der Waals surface area contributed by atoms with Gasteiger partial charge in [-0.2, -0.15) is 0 Å². The number of aryl methyl sites for hydroxylation is 2. The van der Waals surface area contributed by atoms with E-state index in [-0.39, 0.29) is 18.8 Å². The summed E-state index contributed by atoms with van der Waals surface area (Å²) in [5, 5.41) is 9.60. The number of carbonyl (C=O) groups is 2. The summed E-state index contributed by atoms with van der Waals surface area (Å²) in [6, 6.07) is 5.37. The SMILES string of the molecule is C=C(C)C(=O)OCC(O)COC(=O)c1cc(C)cc(C)c1. The molecular weight excluding hydrogens is 272 g/mol. The molecule has 1 unspecified atom stereocenters. The molecule has 5 heteroatoms. The number of rotatable bonds is 6. The van der Waals surface area contributed by atoms with Crippen molar-refractivity contribution in [1.29, 1.82) is 0 Å². The number of aliphatic hydroxyl groups is 1. The van der Waals surface area contributed by atoms with Gasteiger partial charge in [0.1, 0.15) is 19.3 Å². The van der Waals surface area contributed by atoms with Crippen molar-refractivity contribution in [2.24, 2.45) is 0 Å². The van der Waals surface area contributed by atoms with Crippen molar-refractivity contribution in [1.82, 2.24) is 0 Å². The Balaban J connectivity index is 2.45. The highest BCUT2D eigenvalue weighted by atomic mass is 16.6. The second-order valence-corrected chi connectivity index (χ2v) is 5.01. The van der Waals surface area contributed by atoms with Crippen LogP contribution in [0.15, 0.2) is 30.4 Å². The van der Waals surface area contributed by atoms with Crippen LogP contribution in [0.25, 0.3) is 0 Å². The number of benzene rings is 1. The maximum atomic E-state index is 11.8. The molecule has 1 rings (SSSR count). The minimum absolute atomic E-state index is 0.241. The predicted molar refractivity (Wildman–Crippen MR) is 78.0 cm³/mol. The van der Waals surface area contributed by atoms with Crippen molar-refractivity contribution < 1.29 is 24.2 Å². The van der Waals surface area contributed by atoms with Gasteiger partial charge in [-0.25, -0.2) is 9.59 Å². The Morgan fingerprint density at radius 2 is 1.67 bits per heavy atom. The lowest BCUT2D eigenvalue weighted by Gasteiger charge is -2.12. The predicted octanol–water partition coefficient (Wildman–Crippen LogP) is 1.94. The standard InChI is InChI=1S/C16H20O5/c1-10(2)15(18)20-8-14(17)9-21-16(19)13-6-11(3)5-12(4)7-13/h5-7,14,17H,1,8-9H2,2-4H3. The van der Waals surface area contributed by atoms with Gasteiger partial charge in [-0.15, -0.1) is 0 Å². The Bertz CT molecular complexity index is 527. The third-order valence-electron chi connectivity index (χ3n) is 2.62. The lowest BCUT2D eigenvalue weighted by atomic mass is 10.1. The van der Waals surface area contributed by atoms with Gasteiger partial charge in [0.15, 0.2) is 0 Å². The van der Waals surface area contributed by atoms with Crippen LogP contribution in [-0.4, -0.2) is 36.4 Å². The zero-order valence-corrected chi connectivity index (χ0v) is 12.5. The van der Waals surface area contributed by atoms with E-state index in [1.165, 1.54) is 6.92 Å². The van der Waals surface area contributed by atoms with Gasteiger partial charge in [0.25, 0.3) is 0 Å². The largest absolute Gasteiger partial charge is 0.459 e. The highest BCUT2D eigenvalue weighted by molar-refractivity contribution is 5.90. The van der Waals surface area contributed by atoms with Gasteiger partial charge in [-0.1, -0.05) is 23.8 Å². The van der Waals surface area contributed by atoms with Crippen LogP contribution in [-0.2, 0) is 14.3 Å². The molecule has 1 aromatic carbocycles. The minimum atomic E-state index is -1.07. The van der Waals surface area contributed by atoms with Crippen molar-refractivity contribution in [2.45, 2.75) is 26.9 Å². The molecule has 21 heavy (non-hydrogen) atoms. The molecular formula is C16H20O5. The molecule has 0 amide bonds. The molecule has 0 fully saturated rings. The fourth-order valence-corrected chi connectivity index (χ4v) is 1.69. The number of carbonyl (C=O) groups excluding carboxylic acids is 2. The number of aliphatic hydroxyl groups excluding tert-OH is 1. The fraction of sp³-hybridized carbons (Fsp3) is 0.375. The molecule has 5 nitrogen and oxygen atoms in total.